The molecular formula is C22H40FN3O2. The van der Waals surface area contributed by atoms with Gasteiger partial charge in [-0.2, -0.15) is 4.39 Å². The molecule has 1 aromatic heterocycles. The zero-order chi connectivity index (χ0) is 21.7. The third-order valence-corrected chi connectivity index (χ3v) is 3.66. The molecule has 0 aromatic carbocycles. The molecule has 0 radical (unpaired) electrons. The van der Waals surface area contributed by atoms with Crippen LogP contribution in [0.3, 0.4) is 0 Å². The van der Waals surface area contributed by atoms with Gasteiger partial charge in [0.15, 0.2) is 0 Å². The van der Waals surface area contributed by atoms with Crippen LogP contribution in [0.15, 0.2) is 6.07 Å². The third kappa shape index (κ3) is 10.0. The van der Waals surface area contributed by atoms with E-state index in [0.717, 1.165) is 19.6 Å². The zero-order valence-corrected chi connectivity index (χ0v) is 19.1. The lowest BCUT2D eigenvalue weighted by atomic mass is 9.92. The van der Waals surface area contributed by atoms with Crippen molar-refractivity contribution < 1.29 is 13.9 Å². The molecule has 0 spiro atoms. The Bertz CT molecular complexity index is 555. The summed E-state index contributed by atoms with van der Waals surface area (Å²) < 4.78 is 19.8. The molecule has 2 heterocycles. The fourth-order valence-electron chi connectivity index (χ4n) is 2.57. The van der Waals surface area contributed by atoms with Crippen LogP contribution >= 0.6 is 0 Å². The van der Waals surface area contributed by atoms with Crippen molar-refractivity contribution in [1.82, 2.24) is 4.98 Å². The van der Waals surface area contributed by atoms with E-state index in [1.807, 2.05) is 45.6 Å². The van der Waals surface area contributed by atoms with Crippen LogP contribution in [0.25, 0.3) is 0 Å². The molecule has 1 aliphatic heterocycles. The molecule has 1 amide bonds. The fraction of sp³-hybridized carbons (Fsp3) is 0.727. The van der Waals surface area contributed by atoms with E-state index in [1.165, 1.54) is 6.42 Å². The largest absolute Gasteiger partial charge is 0.380 e. The van der Waals surface area contributed by atoms with Crippen molar-refractivity contribution in [2.75, 3.05) is 36.5 Å². The number of nitrogens with zero attached hydrogens (tertiary/aromatic N) is 2. The molecule has 1 fully saturated rings. The minimum atomic E-state index is -0.632. The highest BCUT2D eigenvalue weighted by Crippen LogP contribution is 2.25. The summed E-state index contributed by atoms with van der Waals surface area (Å²) in [4.78, 5) is 18.1. The second-order valence-corrected chi connectivity index (χ2v) is 7.91. The minimum absolute atomic E-state index is 0.145. The Morgan fingerprint density at radius 3 is 2.39 bits per heavy atom. The maximum Gasteiger partial charge on any atom is 0.238 e. The number of aryl methyl sites for hydroxylation is 1. The minimum Gasteiger partial charge on any atom is -0.380 e. The Balaban J connectivity index is 0.00000133. The van der Waals surface area contributed by atoms with E-state index in [4.69, 9.17) is 4.74 Å². The predicted octanol–water partition coefficient (Wildman–Crippen LogP) is 5.57. The molecule has 1 N–H and O–H groups in total. The average Bonchev–Trinajstić information content (AvgIpc) is 2.88. The Morgan fingerprint density at radius 2 is 1.86 bits per heavy atom. The zero-order valence-electron chi connectivity index (χ0n) is 19.1. The Morgan fingerprint density at radius 1 is 1.25 bits per heavy atom. The molecular weight excluding hydrogens is 357 g/mol. The predicted molar refractivity (Wildman–Crippen MR) is 117 cm³/mol. The quantitative estimate of drug-likeness (QED) is 0.677. The second kappa shape index (κ2) is 13.5. The van der Waals surface area contributed by atoms with Crippen LogP contribution in [0.2, 0.25) is 0 Å². The van der Waals surface area contributed by atoms with Gasteiger partial charge in [-0.25, -0.2) is 4.98 Å². The number of hydrogen-bond acceptors (Lipinski definition) is 4. The number of hydrogen-bond donors (Lipinski definition) is 1. The molecule has 0 atom stereocenters. The van der Waals surface area contributed by atoms with Crippen molar-refractivity contribution in [3.63, 3.8) is 0 Å². The molecule has 1 saturated heterocycles. The molecule has 0 unspecified atom stereocenters. The van der Waals surface area contributed by atoms with Crippen LogP contribution in [-0.4, -0.2) is 37.2 Å². The van der Waals surface area contributed by atoms with Gasteiger partial charge in [0.25, 0.3) is 0 Å². The number of anilines is 2. The first-order valence-corrected chi connectivity index (χ1v) is 10.5. The Kier molecular flexibility index (Phi) is 12.7. The lowest BCUT2D eigenvalue weighted by Gasteiger charge is -2.22. The number of carbonyl (C=O) groups excluding carboxylic acids is 1. The van der Waals surface area contributed by atoms with Crippen molar-refractivity contribution in [2.24, 2.45) is 5.41 Å². The normalized spacial score (nSPS) is 14.1. The summed E-state index contributed by atoms with van der Waals surface area (Å²) in [5.74, 6) is -0.232. The van der Waals surface area contributed by atoms with Crippen LogP contribution < -0.4 is 10.2 Å². The van der Waals surface area contributed by atoms with Gasteiger partial charge in [-0.1, -0.05) is 54.9 Å². The molecule has 6 heteroatoms. The Labute approximate surface area is 171 Å². The summed E-state index contributed by atoms with van der Waals surface area (Å²) in [6.45, 7) is 18.8. The fourth-order valence-corrected chi connectivity index (χ4v) is 2.57. The Hall–Kier alpha value is -1.69. The molecule has 0 bridgehead atoms. The third-order valence-electron chi connectivity index (χ3n) is 3.66. The number of pyridine rings is 1. The standard InChI is InChI=1S/C17H26FN3O2.C3H8.C2H6/c1-12-10-13(21-6-5-8-23-9-7-21)19-16(18)15(12)20-14(22)11-17(2,3)4;1-3-2;1-2/h10H,5-9,11H2,1-4H3,(H,20,22);3H2,1-2H3;1-2H3. The summed E-state index contributed by atoms with van der Waals surface area (Å²) in [6, 6.07) is 1.82. The van der Waals surface area contributed by atoms with Crippen LogP contribution in [0.5, 0.6) is 0 Å². The van der Waals surface area contributed by atoms with E-state index in [1.54, 1.807) is 6.92 Å². The van der Waals surface area contributed by atoms with Gasteiger partial charge in [-0.15, -0.1) is 0 Å². The van der Waals surface area contributed by atoms with Gasteiger partial charge in [0.2, 0.25) is 11.9 Å². The molecule has 162 valence electrons. The van der Waals surface area contributed by atoms with Crippen molar-refractivity contribution in [1.29, 1.82) is 0 Å². The summed E-state index contributed by atoms with van der Waals surface area (Å²) in [5.41, 5.74) is 0.711. The van der Waals surface area contributed by atoms with Gasteiger partial charge in [-0.05, 0) is 30.4 Å². The second-order valence-electron chi connectivity index (χ2n) is 7.91. The first-order chi connectivity index (χ1) is 13.2. The van der Waals surface area contributed by atoms with Crippen molar-refractivity contribution >= 4 is 17.4 Å². The molecule has 2 rings (SSSR count). The summed E-state index contributed by atoms with van der Waals surface area (Å²) in [7, 11) is 0. The van der Waals surface area contributed by atoms with Crippen LogP contribution in [-0.2, 0) is 9.53 Å². The highest BCUT2D eigenvalue weighted by molar-refractivity contribution is 5.92. The topological polar surface area (TPSA) is 54.5 Å². The average molecular weight is 398 g/mol. The lowest BCUT2D eigenvalue weighted by Crippen LogP contribution is -2.27. The van der Waals surface area contributed by atoms with E-state index in [9.17, 15) is 9.18 Å². The molecule has 0 saturated carbocycles. The monoisotopic (exact) mass is 397 g/mol. The first-order valence-electron chi connectivity index (χ1n) is 10.5. The summed E-state index contributed by atoms with van der Waals surface area (Å²) >= 11 is 0. The van der Waals surface area contributed by atoms with E-state index in [2.05, 4.69) is 24.1 Å². The highest BCUT2D eigenvalue weighted by Gasteiger charge is 2.20. The van der Waals surface area contributed by atoms with Gasteiger partial charge in [0.1, 0.15) is 5.82 Å². The van der Waals surface area contributed by atoms with Crippen molar-refractivity contribution in [2.45, 2.75) is 74.7 Å². The number of aromatic nitrogens is 1. The van der Waals surface area contributed by atoms with Gasteiger partial charge in [-0.3, -0.25) is 4.79 Å². The van der Waals surface area contributed by atoms with E-state index < -0.39 is 5.95 Å². The number of rotatable bonds is 3. The lowest BCUT2D eigenvalue weighted by molar-refractivity contribution is -0.117. The van der Waals surface area contributed by atoms with Gasteiger partial charge in [0.05, 0.1) is 12.3 Å². The van der Waals surface area contributed by atoms with Gasteiger partial charge >= 0.3 is 0 Å². The van der Waals surface area contributed by atoms with E-state index in [0.29, 0.717) is 31.0 Å². The van der Waals surface area contributed by atoms with E-state index >= 15 is 0 Å². The highest BCUT2D eigenvalue weighted by atomic mass is 19.1. The number of amides is 1. The van der Waals surface area contributed by atoms with Crippen molar-refractivity contribution in [3.05, 3.63) is 17.6 Å². The summed E-state index contributed by atoms with van der Waals surface area (Å²) in [6.07, 6.45) is 2.48. The number of ether oxygens (including phenoxy) is 1. The first kappa shape index (κ1) is 26.3. The van der Waals surface area contributed by atoms with Crippen LogP contribution in [0, 0.1) is 18.3 Å². The molecule has 28 heavy (non-hydrogen) atoms. The van der Waals surface area contributed by atoms with Crippen LogP contribution in [0.1, 0.15) is 73.3 Å². The maximum atomic E-state index is 14.4. The maximum absolute atomic E-state index is 14.4. The van der Waals surface area contributed by atoms with Gasteiger partial charge in [0, 0.05) is 26.1 Å². The SMILES string of the molecule is CC.CCC.Cc1cc(N2CCCOCC2)nc(F)c1NC(=O)CC(C)(C)C. The van der Waals surface area contributed by atoms with Gasteiger partial charge < -0.3 is 15.0 Å². The smallest absolute Gasteiger partial charge is 0.238 e. The molecule has 1 aliphatic rings. The number of halogens is 1. The molecule has 0 aliphatic carbocycles. The van der Waals surface area contributed by atoms with Crippen molar-refractivity contribution in [3.8, 4) is 0 Å². The molecule has 1 aromatic rings. The summed E-state index contributed by atoms with van der Waals surface area (Å²) in [5, 5.41) is 2.66. The number of carbonyl (C=O) groups is 1. The van der Waals surface area contributed by atoms with E-state index in [-0.39, 0.29) is 17.0 Å². The molecule has 5 nitrogen and oxygen atoms in total. The van der Waals surface area contributed by atoms with Crippen LogP contribution in [0.4, 0.5) is 15.9 Å². The number of nitrogens with one attached hydrogen (secondary N) is 1.